The monoisotopic (exact) mass is 380 g/mol. The zero-order valence-electron chi connectivity index (χ0n) is 16.2. The van der Waals surface area contributed by atoms with Crippen LogP contribution in [0.5, 0.6) is 0 Å². The number of amides is 1. The molecule has 1 aromatic heterocycles. The van der Waals surface area contributed by atoms with Gasteiger partial charge in [-0.15, -0.1) is 0 Å². The van der Waals surface area contributed by atoms with Crippen molar-refractivity contribution in [3.63, 3.8) is 0 Å². The number of methoxy groups -OCH3 is 1. The van der Waals surface area contributed by atoms with E-state index in [0.717, 1.165) is 22.0 Å². The van der Waals surface area contributed by atoms with Crippen molar-refractivity contribution in [3.8, 4) is 0 Å². The molecule has 0 bridgehead atoms. The Hall–Kier alpha value is -3.12. The van der Waals surface area contributed by atoms with Crippen LogP contribution in [-0.4, -0.2) is 35.3 Å². The lowest BCUT2D eigenvalue weighted by Crippen LogP contribution is -2.33. The Labute approximate surface area is 163 Å². The number of hydrogen-bond acceptors (Lipinski definition) is 3. The standard InChI is InChI=1S/C22H24N2O4/c1-14-10-15(2)12-16(11-14)20(22(26)27)23-21(25)18-13-24(8-9-28-3)19-7-5-4-6-17(18)19/h4-7,10-13,20H,8-9H2,1-3H3,(H,23,25)(H,26,27). The summed E-state index contributed by atoms with van der Waals surface area (Å²) in [5, 5.41) is 13.2. The molecule has 0 spiro atoms. The van der Waals surface area contributed by atoms with Crippen LogP contribution in [0.3, 0.4) is 0 Å². The number of carbonyl (C=O) groups is 2. The van der Waals surface area contributed by atoms with Gasteiger partial charge in [-0.05, 0) is 25.5 Å². The molecule has 2 aromatic carbocycles. The summed E-state index contributed by atoms with van der Waals surface area (Å²) in [4.78, 5) is 24.8. The van der Waals surface area contributed by atoms with Gasteiger partial charge in [0.25, 0.3) is 5.91 Å². The van der Waals surface area contributed by atoms with Crippen LogP contribution < -0.4 is 5.32 Å². The molecular weight excluding hydrogens is 356 g/mol. The van der Waals surface area contributed by atoms with Crippen LogP contribution in [0, 0.1) is 13.8 Å². The normalized spacial score (nSPS) is 12.1. The Balaban J connectivity index is 1.95. The number of nitrogens with zero attached hydrogens (tertiary/aromatic N) is 1. The molecule has 1 heterocycles. The number of nitrogens with one attached hydrogen (secondary N) is 1. The maximum Gasteiger partial charge on any atom is 0.330 e. The number of aliphatic carboxylic acids is 1. The van der Waals surface area contributed by atoms with E-state index in [1.807, 2.05) is 48.7 Å². The van der Waals surface area contributed by atoms with Gasteiger partial charge in [0.15, 0.2) is 6.04 Å². The molecule has 0 aliphatic rings. The van der Waals surface area contributed by atoms with Gasteiger partial charge in [0.2, 0.25) is 0 Å². The van der Waals surface area contributed by atoms with Crippen LogP contribution in [0.2, 0.25) is 0 Å². The molecule has 0 aliphatic heterocycles. The molecule has 0 fully saturated rings. The number of para-hydroxylation sites is 1. The molecule has 6 nitrogen and oxygen atoms in total. The van der Waals surface area contributed by atoms with Crippen LogP contribution in [0.15, 0.2) is 48.7 Å². The van der Waals surface area contributed by atoms with E-state index in [-0.39, 0.29) is 0 Å². The van der Waals surface area contributed by atoms with Crippen LogP contribution in [-0.2, 0) is 16.1 Å². The first-order valence-corrected chi connectivity index (χ1v) is 9.09. The van der Waals surface area contributed by atoms with Crippen molar-refractivity contribution >= 4 is 22.8 Å². The second-order valence-corrected chi connectivity index (χ2v) is 6.91. The Bertz CT molecular complexity index is 1000. The quantitative estimate of drug-likeness (QED) is 0.658. The molecular formula is C22H24N2O4. The highest BCUT2D eigenvalue weighted by Gasteiger charge is 2.25. The summed E-state index contributed by atoms with van der Waals surface area (Å²) in [5.74, 6) is -1.51. The first-order valence-electron chi connectivity index (χ1n) is 9.09. The Morgan fingerprint density at radius 3 is 2.46 bits per heavy atom. The predicted octanol–water partition coefficient (Wildman–Crippen LogP) is 3.46. The molecule has 6 heteroatoms. The number of benzene rings is 2. The van der Waals surface area contributed by atoms with Gasteiger partial charge < -0.3 is 19.7 Å². The van der Waals surface area contributed by atoms with E-state index in [1.54, 1.807) is 25.4 Å². The molecule has 0 radical (unpaired) electrons. The van der Waals surface area contributed by atoms with E-state index in [9.17, 15) is 14.7 Å². The third kappa shape index (κ3) is 4.07. The molecule has 146 valence electrons. The van der Waals surface area contributed by atoms with Gasteiger partial charge in [-0.1, -0.05) is 47.5 Å². The molecule has 0 aliphatic carbocycles. The molecule has 1 amide bonds. The summed E-state index contributed by atoms with van der Waals surface area (Å²) in [6.07, 6.45) is 1.75. The average Bonchev–Trinajstić information content (AvgIpc) is 3.02. The summed E-state index contributed by atoms with van der Waals surface area (Å²) in [5.41, 5.74) is 3.81. The Kier molecular flexibility index (Phi) is 5.80. The molecule has 1 unspecified atom stereocenters. The molecule has 2 N–H and O–H groups in total. The van der Waals surface area contributed by atoms with E-state index in [0.29, 0.717) is 24.3 Å². The summed E-state index contributed by atoms with van der Waals surface area (Å²) in [6, 6.07) is 12.0. The maximum absolute atomic E-state index is 13.0. The SMILES string of the molecule is COCCn1cc(C(=O)NC(C(=O)O)c2cc(C)cc(C)c2)c2ccccc21. The number of carboxylic acids is 1. The summed E-state index contributed by atoms with van der Waals surface area (Å²) >= 11 is 0. The fourth-order valence-electron chi connectivity index (χ4n) is 3.48. The van der Waals surface area contributed by atoms with Crippen molar-refractivity contribution in [1.82, 2.24) is 9.88 Å². The van der Waals surface area contributed by atoms with Gasteiger partial charge in [0.1, 0.15) is 0 Å². The number of rotatable bonds is 7. The van der Waals surface area contributed by atoms with Gasteiger partial charge in [0, 0.05) is 30.8 Å². The smallest absolute Gasteiger partial charge is 0.330 e. The summed E-state index contributed by atoms with van der Waals surface area (Å²) < 4.78 is 7.09. The highest BCUT2D eigenvalue weighted by molar-refractivity contribution is 6.08. The number of aryl methyl sites for hydroxylation is 2. The van der Waals surface area contributed by atoms with Crippen molar-refractivity contribution in [2.24, 2.45) is 0 Å². The number of carboxylic acid groups (broad SMARTS) is 1. The van der Waals surface area contributed by atoms with Crippen molar-refractivity contribution in [2.45, 2.75) is 26.4 Å². The highest BCUT2D eigenvalue weighted by atomic mass is 16.5. The predicted molar refractivity (Wildman–Crippen MR) is 108 cm³/mol. The fraction of sp³-hybridized carbons (Fsp3) is 0.273. The second kappa shape index (κ2) is 8.27. The van der Waals surface area contributed by atoms with Crippen LogP contribution >= 0.6 is 0 Å². The van der Waals surface area contributed by atoms with E-state index in [1.165, 1.54) is 0 Å². The molecule has 1 atom stereocenters. The van der Waals surface area contributed by atoms with Crippen LogP contribution in [0.1, 0.15) is 33.1 Å². The number of fused-ring (bicyclic) bond motifs is 1. The average molecular weight is 380 g/mol. The molecule has 0 saturated heterocycles. The minimum atomic E-state index is -1.12. The molecule has 0 saturated carbocycles. The number of hydrogen-bond donors (Lipinski definition) is 2. The van der Waals surface area contributed by atoms with E-state index in [2.05, 4.69) is 5.32 Å². The fourth-order valence-corrected chi connectivity index (χ4v) is 3.48. The molecule has 3 rings (SSSR count). The largest absolute Gasteiger partial charge is 0.479 e. The lowest BCUT2D eigenvalue weighted by Gasteiger charge is -2.16. The van der Waals surface area contributed by atoms with Crippen molar-refractivity contribution < 1.29 is 19.4 Å². The van der Waals surface area contributed by atoms with Gasteiger partial charge in [0.05, 0.1) is 12.2 Å². The minimum Gasteiger partial charge on any atom is -0.479 e. The van der Waals surface area contributed by atoms with Gasteiger partial charge in [-0.25, -0.2) is 4.79 Å². The van der Waals surface area contributed by atoms with E-state index < -0.39 is 17.9 Å². The Morgan fingerprint density at radius 2 is 1.82 bits per heavy atom. The third-order valence-corrected chi connectivity index (χ3v) is 4.67. The van der Waals surface area contributed by atoms with Crippen molar-refractivity contribution in [2.75, 3.05) is 13.7 Å². The van der Waals surface area contributed by atoms with Crippen molar-refractivity contribution in [3.05, 3.63) is 70.9 Å². The van der Waals surface area contributed by atoms with Gasteiger partial charge in [-0.3, -0.25) is 4.79 Å². The first-order chi connectivity index (χ1) is 13.4. The maximum atomic E-state index is 13.0. The van der Waals surface area contributed by atoms with E-state index in [4.69, 9.17) is 4.74 Å². The number of carbonyl (C=O) groups excluding carboxylic acids is 1. The third-order valence-electron chi connectivity index (χ3n) is 4.67. The minimum absolute atomic E-state index is 0.418. The molecule has 3 aromatic rings. The topological polar surface area (TPSA) is 80.6 Å². The lowest BCUT2D eigenvalue weighted by molar-refractivity contribution is -0.139. The van der Waals surface area contributed by atoms with E-state index >= 15 is 0 Å². The summed E-state index contributed by atoms with van der Waals surface area (Å²) in [7, 11) is 1.63. The first kappa shape index (κ1) is 19.6. The number of aromatic nitrogens is 1. The van der Waals surface area contributed by atoms with Gasteiger partial charge >= 0.3 is 5.97 Å². The zero-order chi connectivity index (χ0) is 20.3. The van der Waals surface area contributed by atoms with Crippen molar-refractivity contribution in [1.29, 1.82) is 0 Å². The second-order valence-electron chi connectivity index (χ2n) is 6.91. The van der Waals surface area contributed by atoms with Crippen LogP contribution in [0.25, 0.3) is 10.9 Å². The van der Waals surface area contributed by atoms with Crippen LogP contribution in [0.4, 0.5) is 0 Å². The molecule has 28 heavy (non-hydrogen) atoms. The Morgan fingerprint density at radius 1 is 1.14 bits per heavy atom. The lowest BCUT2D eigenvalue weighted by atomic mass is 10.0. The van der Waals surface area contributed by atoms with Gasteiger partial charge in [-0.2, -0.15) is 0 Å². The number of ether oxygens (including phenoxy) is 1. The summed E-state index contributed by atoms with van der Waals surface area (Å²) in [6.45, 7) is 4.92. The highest BCUT2D eigenvalue weighted by Crippen LogP contribution is 2.23. The zero-order valence-corrected chi connectivity index (χ0v) is 16.2.